The molecular weight excluding hydrogens is 504 g/mol. The molecule has 0 aliphatic heterocycles. The van der Waals surface area contributed by atoms with Crippen LogP contribution in [0.4, 0.5) is 10.5 Å². The first kappa shape index (κ1) is 30.9. The maximum absolute atomic E-state index is 14.0. The number of rotatable bonds is 11. The van der Waals surface area contributed by atoms with E-state index in [9.17, 15) is 24.3 Å². The molecule has 0 aliphatic rings. The summed E-state index contributed by atoms with van der Waals surface area (Å²) in [6.45, 7) is 8.57. The molecule has 5 N–H and O–H groups in total. The first-order valence-corrected chi connectivity index (χ1v) is 12.6. The van der Waals surface area contributed by atoms with Crippen LogP contribution in [0.1, 0.15) is 59.1 Å². The van der Waals surface area contributed by atoms with Gasteiger partial charge < -0.3 is 35.8 Å². The minimum Gasteiger partial charge on any atom is -0.508 e. The average Bonchev–Trinajstić information content (AvgIpc) is 2.85. The van der Waals surface area contributed by atoms with E-state index in [1.54, 1.807) is 52.0 Å². The van der Waals surface area contributed by atoms with E-state index in [0.29, 0.717) is 23.4 Å². The monoisotopic (exact) mass is 542 g/mol. The number of amides is 4. The lowest BCUT2D eigenvalue weighted by Crippen LogP contribution is -2.55. The summed E-state index contributed by atoms with van der Waals surface area (Å²) >= 11 is 0. The molecule has 3 atom stereocenters. The summed E-state index contributed by atoms with van der Waals surface area (Å²) in [5, 5.41) is 15.1. The summed E-state index contributed by atoms with van der Waals surface area (Å²) in [6.07, 6.45) is -0.964. The van der Waals surface area contributed by atoms with Gasteiger partial charge in [-0.2, -0.15) is 0 Å². The van der Waals surface area contributed by atoms with E-state index >= 15 is 0 Å². The summed E-state index contributed by atoms with van der Waals surface area (Å²) < 4.78 is 10.4. The van der Waals surface area contributed by atoms with Crippen LogP contribution in [0.25, 0.3) is 0 Å². The van der Waals surface area contributed by atoms with E-state index in [4.69, 9.17) is 15.2 Å². The lowest BCUT2D eigenvalue weighted by molar-refractivity contribution is -0.144. The molecule has 0 fully saturated rings. The molecule has 2 rings (SSSR count). The van der Waals surface area contributed by atoms with Gasteiger partial charge in [0.1, 0.15) is 29.2 Å². The second-order valence-electron chi connectivity index (χ2n) is 10.1. The molecular formula is C28H38N4O7. The predicted octanol–water partition coefficient (Wildman–Crippen LogP) is 3.48. The summed E-state index contributed by atoms with van der Waals surface area (Å²) in [5.41, 5.74) is 5.42. The quantitative estimate of drug-likeness (QED) is 0.338. The summed E-state index contributed by atoms with van der Waals surface area (Å²) in [7, 11) is 1.53. The van der Waals surface area contributed by atoms with Crippen molar-refractivity contribution in [3.05, 3.63) is 54.1 Å². The minimum atomic E-state index is -1.39. The largest absolute Gasteiger partial charge is 0.508 e. The molecule has 3 unspecified atom stereocenters. The number of aromatic hydroxyl groups is 1. The number of carbonyl (C=O) groups is 4. The van der Waals surface area contributed by atoms with Crippen LogP contribution in [-0.2, 0) is 19.1 Å². The van der Waals surface area contributed by atoms with Crippen molar-refractivity contribution in [3.63, 3.8) is 0 Å². The van der Waals surface area contributed by atoms with Crippen molar-refractivity contribution in [1.29, 1.82) is 0 Å². The highest BCUT2D eigenvalue weighted by molar-refractivity contribution is 6.00. The zero-order chi connectivity index (χ0) is 29.3. The first-order chi connectivity index (χ1) is 18.2. The van der Waals surface area contributed by atoms with Crippen molar-refractivity contribution in [3.8, 4) is 11.5 Å². The molecule has 0 aromatic heterocycles. The summed E-state index contributed by atoms with van der Waals surface area (Å²) in [5.74, 6) is -1.49. The fourth-order valence-electron chi connectivity index (χ4n) is 3.81. The van der Waals surface area contributed by atoms with Gasteiger partial charge in [0.2, 0.25) is 11.8 Å². The lowest BCUT2D eigenvalue weighted by atomic mass is 9.99. The standard InChI is InChI=1S/C28H38N4O7/c1-7-17(2)32(26(36)22(16-23(29)34)31-27(37)39-28(3,4)5)24(18-8-12-20(33)13-9-18)25(35)30-19-10-14-21(38-6)15-11-19/h8-15,17,22,24,33H,7,16H2,1-6H3,(H2,29,34)(H,30,35)(H,31,37). The topological polar surface area (TPSA) is 160 Å². The average molecular weight is 543 g/mol. The van der Waals surface area contributed by atoms with Gasteiger partial charge in [-0.3, -0.25) is 14.4 Å². The third-order valence-corrected chi connectivity index (χ3v) is 5.81. The molecule has 0 heterocycles. The van der Waals surface area contributed by atoms with Crippen LogP contribution in [0, 0.1) is 0 Å². The lowest BCUT2D eigenvalue weighted by Gasteiger charge is -2.38. The van der Waals surface area contributed by atoms with Gasteiger partial charge in [-0.15, -0.1) is 0 Å². The van der Waals surface area contributed by atoms with Crippen LogP contribution < -0.4 is 21.1 Å². The van der Waals surface area contributed by atoms with E-state index in [1.165, 1.54) is 36.3 Å². The number of carbonyl (C=O) groups excluding carboxylic acids is 4. The number of ether oxygens (including phenoxy) is 2. The normalized spacial score (nSPS) is 13.4. The van der Waals surface area contributed by atoms with E-state index < -0.39 is 54.0 Å². The maximum atomic E-state index is 14.0. The number of methoxy groups -OCH3 is 1. The molecule has 4 amide bonds. The number of nitrogens with two attached hydrogens (primary N) is 1. The van der Waals surface area contributed by atoms with Crippen LogP contribution in [0.3, 0.4) is 0 Å². The van der Waals surface area contributed by atoms with Gasteiger partial charge >= 0.3 is 6.09 Å². The molecule has 0 saturated heterocycles. The molecule has 0 saturated carbocycles. The van der Waals surface area contributed by atoms with Crippen molar-refractivity contribution in [2.75, 3.05) is 12.4 Å². The highest BCUT2D eigenvalue weighted by Crippen LogP contribution is 2.29. The molecule has 2 aromatic rings. The molecule has 39 heavy (non-hydrogen) atoms. The number of hydrogen-bond donors (Lipinski definition) is 4. The van der Waals surface area contributed by atoms with E-state index in [1.807, 2.05) is 6.92 Å². The third kappa shape index (κ3) is 9.20. The molecule has 0 radical (unpaired) electrons. The number of alkyl carbamates (subject to hydrolysis) is 1. The van der Waals surface area contributed by atoms with Gasteiger partial charge in [-0.1, -0.05) is 19.1 Å². The van der Waals surface area contributed by atoms with Gasteiger partial charge in [0.05, 0.1) is 13.5 Å². The second-order valence-corrected chi connectivity index (χ2v) is 10.1. The number of phenols is 1. The Morgan fingerprint density at radius 1 is 1.03 bits per heavy atom. The summed E-state index contributed by atoms with van der Waals surface area (Å²) in [6, 6.07) is 9.44. The Bertz CT molecular complexity index is 1140. The zero-order valence-electron chi connectivity index (χ0n) is 23.2. The van der Waals surface area contributed by atoms with Crippen molar-refractivity contribution in [2.24, 2.45) is 5.73 Å². The Balaban J connectivity index is 2.54. The van der Waals surface area contributed by atoms with Crippen LogP contribution in [0.5, 0.6) is 11.5 Å². The molecule has 0 aliphatic carbocycles. The van der Waals surface area contributed by atoms with Crippen LogP contribution in [0.2, 0.25) is 0 Å². The Kier molecular flexibility index (Phi) is 10.7. The van der Waals surface area contributed by atoms with Crippen LogP contribution in [-0.4, -0.2) is 58.6 Å². The molecule has 11 heteroatoms. The minimum absolute atomic E-state index is 0.0207. The van der Waals surface area contributed by atoms with Crippen molar-refractivity contribution >= 4 is 29.5 Å². The van der Waals surface area contributed by atoms with Crippen LogP contribution >= 0.6 is 0 Å². The number of primary amides is 1. The molecule has 2 aromatic carbocycles. The van der Waals surface area contributed by atoms with Crippen molar-refractivity contribution in [2.45, 2.75) is 71.2 Å². The highest BCUT2D eigenvalue weighted by atomic mass is 16.6. The van der Waals surface area contributed by atoms with Crippen molar-refractivity contribution in [1.82, 2.24) is 10.2 Å². The smallest absolute Gasteiger partial charge is 0.408 e. The fraction of sp³-hybridized carbons (Fsp3) is 0.429. The summed E-state index contributed by atoms with van der Waals surface area (Å²) in [4.78, 5) is 53.5. The van der Waals surface area contributed by atoms with Crippen molar-refractivity contribution < 1.29 is 33.8 Å². The van der Waals surface area contributed by atoms with Gasteiger partial charge in [0, 0.05) is 11.7 Å². The highest BCUT2D eigenvalue weighted by Gasteiger charge is 2.39. The number of phenolic OH excluding ortho intramolecular Hbond substituents is 1. The maximum Gasteiger partial charge on any atom is 0.408 e. The zero-order valence-corrected chi connectivity index (χ0v) is 23.2. The Morgan fingerprint density at radius 2 is 1.62 bits per heavy atom. The molecule has 11 nitrogen and oxygen atoms in total. The Hall–Kier alpha value is -4.28. The SMILES string of the molecule is CCC(C)N(C(=O)C(CC(N)=O)NC(=O)OC(C)(C)C)C(C(=O)Nc1ccc(OC)cc1)c1ccc(O)cc1. The number of benzene rings is 2. The number of nitrogens with zero attached hydrogens (tertiary/aromatic N) is 1. The molecule has 0 spiro atoms. The van der Waals surface area contributed by atoms with E-state index in [-0.39, 0.29) is 5.75 Å². The van der Waals surface area contributed by atoms with E-state index in [0.717, 1.165) is 0 Å². The molecule has 212 valence electrons. The Labute approximate surface area is 228 Å². The predicted molar refractivity (Wildman–Crippen MR) is 146 cm³/mol. The molecule has 0 bridgehead atoms. The fourth-order valence-corrected chi connectivity index (χ4v) is 3.81. The third-order valence-electron chi connectivity index (χ3n) is 5.81. The Morgan fingerprint density at radius 3 is 2.10 bits per heavy atom. The second kappa shape index (κ2) is 13.5. The van der Waals surface area contributed by atoms with Gasteiger partial charge in [-0.05, 0) is 76.1 Å². The van der Waals surface area contributed by atoms with Gasteiger partial charge in [0.15, 0.2) is 0 Å². The number of hydrogen-bond acceptors (Lipinski definition) is 7. The van der Waals surface area contributed by atoms with E-state index in [2.05, 4.69) is 10.6 Å². The number of anilines is 1. The van der Waals surface area contributed by atoms with Crippen LogP contribution in [0.15, 0.2) is 48.5 Å². The van der Waals surface area contributed by atoms with Gasteiger partial charge in [-0.25, -0.2) is 4.79 Å². The first-order valence-electron chi connectivity index (χ1n) is 12.6. The van der Waals surface area contributed by atoms with Gasteiger partial charge in [0.25, 0.3) is 5.91 Å². The number of nitrogens with one attached hydrogen (secondary N) is 2.